The van der Waals surface area contributed by atoms with E-state index in [0.29, 0.717) is 30.3 Å². The van der Waals surface area contributed by atoms with Crippen molar-refractivity contribution in [3.63, 3.8) is 0 Å². The Morgan fingerprint density at radius 2 is 1.06 bits per heavy atom. The van der Waals surface area contributed by atoms with E-state index in [4.69, 9.17) is 18.5 Å². The Morgan fingerprint density at radius 1 is 0.571 bits per heavy atom. The van der Waals surface area contributed by atoms with Gasteiger partial charge in [0.2, 0.25) is 0 Å². The molecule has 0 heterocycles. The summed E-state index contributed by atoms with van der Waals surface area (Å²) in [6.45, 7) is 4.24. The maximum atomic E-state index is 12.7. The summed E-state index contributed by atoms with van der Waals surface area (Å²) in [5.41, 5.74) is 0. The molecule has 10 nitrogen and oxygen atoms in total. The predicted molar refractivity (Wildman–Crippen MR) is 262 cm³/mol. The Hall–Kier alpha value is -2.33. The second kappa shape index (κ2) is 43.6. The van der Waals surface area contributed by atoms with Crippen LogP contribution in [-0.4, -0.2) is 86.1 Å². The predicted octanol–water partition coefficient (Wildman–Crippen LogP) is 13.8. The number of rotatable bonds is 45. The smallest absolute Gasteiger partial charge is 0.462 e. The summed E-state index contributed by atoms with van der Waals surface area (Å²) in [6, 6.07) is 0. The number of phosphoric ester groups is 1. The summed E-state index contributed by atoms with van der Waals surface area (Å²) in [7, 11) is 1.40. The third-order valence-corrected chi connectivity index (χ3v) is 11.6. The maximum absolute atomic E-state index is 12.7. The molecule has 0 aliphatic carbocycles. The zero-order valence-electron chi connectivity index (χ0n) is 40.9. The fourth-order valence-electron chi connectivity index (χ4n) is 6.62. The summed E-state index contributed by atoms with van der Waals surface area (Å²) in [5.74, 6) is -0.903. The second-order valence-corrected chi connectivity index (χ2v) is 19.5. The number of phosphoric acid groups is 1. The highest BCUT2D eigenvalue weighted by molar-refractivity contribution is 7.47. The van der Waals surface area contributed by atoms with Crippen molar-refractivity contribution in [3.05, 3.63) is 60.8 Å². The van der Waals surface area contributed by atoms with Gasteiger partial charge in [0.25, 0.3) is 0 Å². The number of aliphatic hydroxyl groups excluding tert-OH is 1. The van der Waals surface area contributed by atoms with Gasteiger partial charge < -0.3 is 24.0 Å². The number of likely N-dealkylation sites (N-methyl/N-ethyl adjacent to an activating group) is 1. The van der Waals surface area contributed by atoms with E-state index in [1.54, 1.807) is 6.08 Å². The molecule has 2 N–H and O–H groups in total. The molecule has 0 saturated heterocycles. The van der Waals surface area contributed by atoms with Crippen LogP contribution in [0.2, 0.25) is 0 Å². The molecule has 1 unspecified atom stereocenters. The van der Waals surface area contributed by atoms with Crippen LogP contribution < -0.4 is 0 Å². The fraction of sp³-hybridized carbons (Fsp3) is 0.769. The number of allylic oxidation sites excluding steroid dienone is 8. The average Bonchev–Trinajstić information content (AvgIpc) is 3.23. The van der Waals surface area contributed by atoms with Crippen molar-refractivity contribution < 1.29 is 47.2 Å². The highest BCUT2D eigenvalue weighted by Gasteiger charge is 2.27. The van der Waals surface area contributed by atoms with Crippen LogP contribution in [-0.2, 0) is 32.7 Å². The molecule has 0 aromatic heterocycles. The minimum Gasteiger partial charge on any atom is -0.462 e. The van der Waals surface area contributed by atoms with E-state index in [2.05, 4.69) is 32.1 Å². The number of quaternary nitrogens is 1. The quantitative estimate of drug-likeness (QED) is 0.0153. The third-order valence-electron chi connectivity index (χ3n) is 10.6. The molecule has 0 aromatic carbocycles. The summed E-state index contributed by atoms with van der Waals surface area (Å²) in [4.78, 5) is 35.5. The first-order chi connectivity index (χ1) is 30.4. The Bertz CT molecular complexity index is 1270. The summed E-state index contributed by atoms with van der Waals surface area (Å²) in [6.07, 6.45) is 50.2. The van der Waals surface area contributed by atoms with Crippen molar-refractivity contribution in [1.29, 1.82) is 0 Å². The lowest BCUT2D eigenvalue weighted by atomic mass is 10.0. The average molecular weight is 909 g/mol. The monoisotopic (exact) mass is 909 g/mol. The summed E-state index contributed by atoms with van der Waals surface area (Å²) in [5, 5.41) is 10.1. The number of aliphatic hydroxyl groups is 1. The van der Waals surface area contributed by atoms with Crippen molar-refractivity contribution in [3.8, 4) is 0 Å². The Labute approximate surface area is 386 Å². The maximum Gasteiger partial charge on any atom is 0.472 e. The molecule has 0 spiro atoms. The van der Waals surface area contributed by atoms with E-state index in [0.717, 1.165) is 32.1 Å². The normalized spacial score (nSPS) is 14.5. The van der Waals surface area contributed by atoms with Gasteiger partial charge in [-0.1, -0.05) is 177 Å². The third kappa shape index (κ3) is 47.5. The number of ether oxygens (including phenoxy) is 2. The Balaban J connectivity index is 4.39. The first kappa shape index (κ1) is 60.7. The topological polar surface area (TPSA) is 129 Å². The summed E-state index contributed by atoms with van der Waals surface area (Å²) >= 11 is 0. The van der Waals surface area contributed by atoms with Crippen LogP contribution in [0, 0.1) is 0 Å². The molecule has 0 aromatic rings. The largest absolute Gasteiger partial charge is 0.472 e. The molecule has 63 heavy (non-hydrogen) atoms. The Morgan fingerprint density at radius 3 is 1.67 bits per heavy atom. The lowest BCUT2D eigenvalue weighted by Crippen LogP contribution is -2.37. The number of esters is 2. The van der Waals surface area contributed by atoms with Crippen molar-refractivity contribution >= 4 is 19.8 Å². The van der Waals surface area contributed by atoms with E-state index in [9.17, 15) is 24.2 Å². The van der Waals surface area contributed by atoms with Gasteiger partial charge in [-0.05, 0) is 70.6 Å². The van der Waals surface area contributed by atoms with Crippen LogP contribution in [0.15, 0.2) is 60.8 Å². The van der Waals surface area contributed by atoms with Gasteiger partial charge in [-0.25, -0.2) is 4.57 Å². The van der Waals surface area contributed by atoms with Crippen LogP contribution in [0.25, 0.3) is 0 Å². The lowest BCUT2D eigenvalue weighted by Gasteiger charge is -2.24. The van der Waals surface area contributed by atoms with Crippen LogP contribution in [0.4, 0.5) is 0 Å². The number of hydrogen-bond donors (Lipinski definition) is 2. The van der Waals surface area contributed by atoms with E-state index < -0.39 is 38.6 Å². The molecule has 0 fully saturated rings. The summed E-state index contributed by atoms with van der Waals surface area (Å²) < 4.78 is 34.3. The van der Waals surface area contributed by atoms with Gasteiger partial charge in [0.1, 0.15) is 19.8 Å². The molecular weight excluding hydrogens is 814 g/mol. The number of carbonyl (C=O) groups is 2. The zero-order valence-corrected chi connectivity index (χ0v) is 41.8. The van der Waals surface area contributed by atoms with E-state index in [-0.39, 0.29) is 26.1 Å². The van der Waals surface area contributed by atoms with E-state index in [1.165, 1.54) is 122 Å². The van der Waals surface area contributed by atoms with Gasteiger partial charge in [-0.15, -0.1) is 0 Å². The molecule has 11 heteroatoms. The highest BCUT2D eigenvalue weighted by Crippen LogP contribution is 2.43. The van der Waals surface area contributed by atoms with Crippen molar-refractivity contribution in [2.24, 2.45) is 0 Å². The van der Waals surface area contributed by atoms with E-state index >= 15 is 0 Å². The minimum absolute atomic E-state index is 0.00859. The number of hydrogen-bond acceptors (Lipinski definition) is 8. The van der Waals surface area contributed by atoms with Crippen molar-refractivity contribution in [1.82, 2.24) is 0 Å². The molecule has 0 aliphatic heterocycles. The van der Waals surface area contributed by atoms with Crippen LogP contribution >= 0.6 is 7.82 Å². The molecule has 0 amide bonds. The number of carbonyl (C=O) groups excluding carboxylic acids is 2. The van der Waals surface area contributed by atoms with Crippen LogP contribution in [0.3, 0.4) is 0 Å². The fourth-order valence-corrected chi connectivity index (χ4v) is 7.36. The minimum atomic E-state index is -4.41. The first-order valence-electron chi connectivity index (χ1n) is 25.1. The zero-order chi connectivity index (χ0) is 46.5. The molecule has 0 rings (SSSR count). The van der Waals surface area contributed by atoms with Gasteiger partial charge in [0.05, 0.1) is 33.9 Å². The number of unbranched alkanes of at least 4 members (excludes halogenated alkanes) is 21. The van der Waals surface area contributed by atoms with Crippen LogP contribution in [0.1, 0.15) is 200 Å². The molecular formula is C52H95NO9P+. The first-order valence-corrected chi connectivity index (χ1v) is 26.6. The Kier molecular flexibility index (Phi) is 41.9. The molecule has 366 valence electrons. The number of nitrogens with zero attached hydrogens (tertiary/aromatic N) is 1. The molecule has 0 aliphatic rings. The molecule has 0 saturated carbocycles. The highest BCUT2D eigenvalue weighted by atomic mass is 31.2. The second-order valence-electron chi connectivity index (χ2n) is 18.0. The lowest BCUT2D eigenvalue weighted by molar-refractivity contribution is -0.870. The van der Waals surface area contributed by atoms with Gasteiger partial charge in [-0.2, -0.15) is 0 Å². The standard InChI is InChI=1S/C52H94NO9P/c1-6-8-10-12-14-15-16-17-18-19-20-21-22-23-24-25-26-27-31-35-39-43-51(55)59-47-50(48-61-63(57,58)60-46-45-53(3,4)5)62-52(56)44-40-36-32-29-28-30-34-38-42-49(54)41-37-33-13-11-9-7-2/h17-18,29-30,32-34,37-38,42,49-50,54H,6-16,19-28,31,35-36,39-41,43-48H2,1-5H3/p+1/b18-17-,32-29-,34-30-,37-33-,42-38+/t49-,50+/m0/s1. The van der Waals surface area contributed by atoms with Gasteiger partial charge >= 0.3 is 19.8 Å². The van der Waals surface area contributed by atoms with Crippen molar-refractivity contribution in [2.75, 3.05) is 47.5 Å². The van der Waals surface area contributed by atoms with Gasteiger partial charge in [0.15, 0.2) is 6.10 Å². The molecule has 0 radical (unpaired) electrons. The molecule has 0 bridgehead atoms. The van der Waals surface area contributed by atoms with Crippen LogP contribution in [0.5, 0.6) is 0 Å². The molecule has 3 atom stereocenters. The van der Waals surface area contributed by atoms with Gasteiger partial charge in [-0.3, -0.25) is 18.6 Å². The van der Waals surface area contributed by atoms with Gasteiger partial charge in [0, 0.05) is 12.8 Å². The van der Waals surface area contributed by atoms with Crippen molar-refractivity contribution in [2.45, 2.75) is 212 Å². The SMILES string of the molecule is CCCCC/C=C\C[C@H](O)/C=C/C=C\C/C=C\CCCC(=O)O[C@H](COC(=O)CCCCCCCCCCCCC/C=C\CCCCCCCC)COP(=O)(O)OCC[N+](C)(C)C. The van der Waals surface area contributed by atoms with E-state index in [1.807, 2.05) is 57.6 Å².